The van der Waals surface area contributed by atoms with E-state index in [2.05, 4.69) is 26.3 Å². The number of aromatic nitrogens is 2. The second kappa shape index (κ2) is 4.66. The van der Waals surface area contributed by atoms with Gasteiger partial charge in [0.25, 0.3) is 5.91 Å². The number of piperidine rings is 1. The monoisotopic (exact) mass is 339 g/mol. The number of aryl methyl sites for hydroxylation is 1. The van der Waals surface area contributed by atoms with Gasteiger partial charge in [0, 0.05) is 11.8 Å². The van der Waals surface area contributed by atoms with Crippen LogP contribution < -0.4 is 5.32 Å². The predicted molar refractivity (Wildman–Crippen MR) is 73.5 cm³/mol. The molecule has 3 rings (SSSR count). The van der Waals surface area contributed by atoms with E-state index in [4.69, 9.17) is 0 Å². The predicted octanol–water partition coefficient (Wildman–Crippen LogP) is 2.22. The first-order valence-corrected chi connectivity index (χ1v) is 6.95. The first-order chi connectivity index (χ1) is 9.49. The summed E-state index contributed by atoms with van der Waals surface area (Å²) >= 11 is 3.21. The van der Waals surface area contributed by atoms with Gasteiger partial charge >= 0.3 is 0 Å². The number of rotatable bonds is 1. The summed E-state index contributed by atoms with van der Waals surface area (Å²) in [6, 6.07) is 2.39. The Hall–Kier alpha value is -1.76. The van der Waals surface area contributed by atoms with Gasteiger partial charge in [-0.05, 0) is 41.4 Å². The normalized spacial score (nSPS) is 19.4. The highest BCUT2D eigenvalue weighted by Crippen LogP contribution is 2.32. The Labute approximate surface area is 122 Å². The molecule has 1 aromatic carbocycles. The summed E-state index contributed by atoms with van der Waals surface area (Å²) in [4.78, 5) is 23.1. The molecule has 1 N–H and O–H groups in total. The van der Waals surface area contributed by atoms with E-state index in [1.54, 1.807) is 17.7 Å². The van der Waals surface area contributed by atoms with E-state index in [-0.39, 0.29) is 24.1 Å². The van der Waals surface area contributed by atoms with E-state index in [1.165, 1.54) is 6.07 Å². The summed E-state index contributed by atoms with van der Waals surface area (Å²) in [6.07, 6.45) is 0.676. The fraction of sp³-hybridized carbons (Fsp3) is 0.308. The highest BCUT2D eigenvalue weighted by Gasteiger charge is 2.30. The van der Waals surface area contributed by atoms with Crippen LogP contribution in [0.15, 0.2) is 16.6 Å². The minimum absolute atomic E-state index is 0.272. The summed E-state index contributed by atoms with van der Waals surface area (Å²) < 4.78 is 15.5. The van der Waals surface area contributed by atoms with E-state index >= 15 is 0 Å². The molecular weight excluding hydrogens is 329 g/mol. The van der Waals surface area contributed by atoms with Crippen LogP contribution in [0.4, 0.5) is 4.39 Å². The van der Waals surface area contributed by atoms with Crippen molar-refractivity contribution in [3.8, 4) is 0 Å². The number of halogens is 2. The third-order valence-corrected chi connectivity index (χ3v) is 4.22. The number of fused-ring (bicyclic) bond motifs is 1. The molecule has 7 heteroatoms. The van der Waals surface area contributed by atoms with Crippen molar-refractivity contribution >= 4 is 38.6 Å². The molecule has 104 valence electrons. The number of hydrogen-bond acceptors (Lipinski definition) is 3. The van der Waals surface area contributed by atoms with Gasteiger partial charge in [-0.3, -0.25) is 19.6 Å². The number of nitrogens with one attached hydrogen (secondary N) is 1. The molecular formula is C13H11BrFN3O2. The zero-order valence-corrected chi connectivity index (χ0v) is 12.2. The molecule has 1 aliphatic heterocycles. The van der Waals surface area contributed by atoms with Gasteiger partial charge in [-0.1, -0.05) is 0 Å². The van der Waals surface area contributed by atoms with Crippen LogP contribution in [0, 0.1) is 12.7 Å². The van der Waals surface area contributed by atoms with Gasteiger partial charge in [0.1, 0.15) is 11.9 Å². The fourth-order valence-electron chi connectivity index (χ4n) is 2.49. The zero-order valence-electron chi connectivity index (χ0n) is 10.6. The molecule has 1 aliphatic rings. The highest BCUT2D eigenvalue weighted by atomic mass is 79.9. The van der Waals surface area contributed by atoms with Gasteiger partial charge in [0.15, 0.2) is 0 Å². The Morgan fingerprint density at radius 3 is 2.90 bits per heavy atom. The Balaban J connectivity index is 2.16. The van der Waals surface area contributed by atoms with Crippen molar-refractivity contribution in [3.63, 3.8) is 0 Å². The quantitative estimate of drug-likeness (QED) is 0.810. The molecule has 20 heavy (non-hydrogen) atoms. The maximum Gasteiger partial charge on any atom is 0.251 e. The number of carbonyl (C=O) groups excluding carboxylic acids is 2. The molecule has 0 bridgehead atoms. The van der Waals surface area contributed by atoms with Crippen LogP contribution in [0.5, 0.6) is 0 Å². The van der Waals surface area contributed by atoms with Crippen LogP contribution in [0.3, 0.4) is 0 Å². The maximum absolute atomic E-state index is 13.6. The maximum atomic E-state index is 13.6. The molecule has 1 atom stereocenters. The lowest BCUT2D eigenvalue weighted by atomic mass is 10.1. The van der Waals surface area contributed by atoms with Crippen molar-refractivity contribution in [2.24, 2.45) is 0 Å². The van der Waals surface area contributed by atoms with E-state index in [1.807, 2.05) is 0 Å². The van der Waals surface area contributed by atoms with E-state index in [9.17, 15) is 14.0 Å². The smallest absolute Gasteiger partial charge is 0.251 e. The number of nitrogens with zero attached hydrogens (tertiary/aromatic N) is 2. The van der Waals surface area contributed by atoms with Crippen molar-refractivity contribution in [2.75, 3.05) is 0 Å². The minimum atomic E-state index is -0.540. The largest absolute Gasteiger partial charge is 0.295 e. The molecule has 0 aliphatic carbocycles. The Bertz CT molecular complexity index is 741. The molecule has 2 amide bonds. The van der Waals surface area contributed by atoms with Crippen LogP contribution >= 0.6 is 15.9 Å². The zero-order chi connectivity index (χ0) is 14.4. The number of amides is 2. The standard InChI is InChI=1S/C13H11BrFN3O2/c1-6-11-8(3-2-7(15)12(11)14)18(17-6)9-4-5-10(19)16-13(9)20/h2-3,9H,4-5H2,1H3,(H,16,19,20). The van der Waals surface area contributed by atoms with Gasteiger partial charge in [-0.15, -0.1) is 0 Å². The van der Waals surface area contributed by atoms with Gasteiger partial charge < -0.3 is 0 Å². The average Bonchev–Trinajstić information content (AvgIpc) is 2.72. The van der Waals surface area contributed by atoms with Gasteiger partial charge in [-0.25, -0.2) is 4.39 Å². The Morgan fingerprint density at radius 2 is 2.20 bits per heavy atom. The molecule has 0 saturated carbocycles. The van der Waals surface area contributed by atoms with Crippen molar-refractivity contribution in [1.29, 1.82) is 0 Å². The van der Waals surface area contributed by atoms with Crippen molar-refractivity contribution < 1.29 is 14.0 Å². The van der Waals surface area contributed by atoms with Gasteiger partial charge in [0.05, 0.1) is 15.7 Å². The topological polar surface area (TPSA) is 64.0 Å². The summed E-state index contributed by atoms with van der Waals surface area (Å²) in [5, 5.41) is 7.29. The van der Waals surface area contributed by atoms with Crippen LogP contribution in [0.1, 0.15) is 24.6 Å². The lowest BCUT2D eigenvalue weighted by Gasteiger charge is -2.21. The molecule has 1 aromatic heterocycles. The van der Waals surface area contributed by atoms with Gasteiger partial charge in [-0.2, -0.15) is 5.10 Å². The molecule has 1 fully saturated rings. The number of benzene rings is 1. The summed E-state index contributed by atoms with van der Waals surface area (Å²) in [6.45, 7) is 1.76. The molecule has 1 unspecified atom stereocenters. The van der Waals surface area contributed by atoms with Gasteiger partial charge in [0.2, 0.25) is 5.91 Å². The van der Waals surface area contributed by atoms with Crippen LogP contribution in [-0.4, -0.2) is 21.6 Å². The number of carbonyl (C=O) groups is 2. The third-order valence-electron chi connectivity index (χ3n) is 3.44. The van der Waals surface area contributed by atoms with Crippen molar-refractivity contribution in [3.05, 3.63) is 28.1 Å². The second-order valence-electron chi connectivity index (χ2n) is 4.75. The molecule has 2 aromatic rings. The molecule has 2 heterocycles. The molecule has 1 saturated heterocycles. The number of imide groups is 1. The SMILES string of the molecule is Cc1nn(C2CCC(=O)NC2=O)c2ccc(F)c(Br)c12. The van der Waals surface area contributed by atoms with Crippen molar-refractivity contribution in [2.45, 2.75) is 25.8 Å². The van der Waals surface area contributed by atoms with Crippen LogP contribution in [0.25, 0.3) is 10.9 Å². The van der Waals surface area contributed by atoms with E-state index in [0.29, 0.717) is 27.5 Å². The lowest BCUT2D eigenvalue weighted by molar-refractivity contribution is -0.135. The molecule has 0 radical (unpaired) electrons. The van der Waals surface area contributed by atoms with E-state index in [0.717, 1.165) is 0 Å². The van der Waals surface area contributed by atoms with E-state index < -0.39 is 6.04 Å². The van der Waals surface area contributed by atoms with Crippen LogP contribution in [0.2, 0.25) is 0 Å². The second-order valence-corrected chi connectivity index (χ2v) is 5.55. The molecule has 5 nitrogen and oxygen atoms in total. The first kappa shape index (κ1) is 13.2. The number of hydrogen-bond donors (Lipinski definition) is 1. The molecule has 0 spiro atoms. The first-order valence-electron chi connectivity index (χ1n) is 6.15. The average molecular weight is 340 g/mol. The van der Waals surface area contributed by atoms with Crippen LogP contribution in [-0.2, 0) is 9.59 Å². The Morgan fingerprint density at radius 1 is 1.45 bits per heavy atom. The fourth-order valence-corrected chi connectivity index (χ4v) is 3.12. The summed E-state index contributed by atoms with van der Waals surface area (Å²) in [7, 11) is 0. The third kappa shape index (κ3) is 1.93. The minimum Gasteiger partial charge on any atom is -0.295 e. The lowest BCUT2D eigenvalue weighted by Crippen LogP contribution is -2.42. The van der Waals surface area contributed by atoms with Crippen molar-refractivity contribution in [1.82, 2.24) is 15.1 Å². The Kier molecular flexibility index (Phi) is 3.08. The highest BCUT2D eigenvalue weighted by molar-refractivity contribution is 9.10. The summed E-state index contributed by atoms with van der Waals surface area (Å²) in [5.74, 6) is -1.01. The summed E-state index contributed by atoms with van der Waals surface area (Å²) in [5.41, 5.74) is 1.31.